The van der Waals surface area contributed by atoms with Crippen molar-refractivity contribution in [3.8, 4) is 5.75 Å². The number of para-hydroxylation sites is 1. The summed E-state index contributed by atoms with van der Waals surface area (Å²) < 4.78 is 11.0. The predicted molar refractivity (Wildman–Crippen MR) is 69.8 cm³/mol. The molecule has 3 heteroatoms. The van der Waals surface area contributed by atoms with Crippen molar-refractivity contribution >= 4 is 5.97 Å². The molecule has 0 saturated carbocycles. The van der Waals surface area contributed by atoms with Crippen LogP contribution in [0.25, 0.3) is 0 Å². The largest absolute Gasteiger partial charge is 0.488 e. The zero-order chi connectivity index (χ0) is 13.2. The molecule has 0 fully saturated rings. The van der Waals surface area contributed by atoms with Crippen LogP contribution in [0.5, 0.6) is 5.75 Å². The Bertz CT molecular complexity index is 437. The number of ether oxygens (including phenoxy) is 2. The van der Waals surface area contributed by atoms with Crippen molar-refractivity contribution in [3.05, 3.63) is 29.8 Å². The maximum Gasteiger partial charge on any atom is 0.306 e. The number of fused-ring (bicyclic) bond motifs is 1. The lowest BCUT2D eigenvalue weighted by Gasteiger charge is -2.37. The number of carbonyl (C=O) groups is 1. The van der Waals surface area contributed by atoms with E-state index in [4.69, 9.17) is 9.47 Å². The molecule has 3 nitrogen and oxygen atoms in total. The lowest BCUT2D eigenvalue weighted by molar-refractivity contribution is -0.143. The van der Waals surface area contributed by atoms with Crippen molar-refractivity contribution in [2.24, 2.45) is 0 Å². The molecule has 1 heterocycles. The summed E-state index contributed by atoms with van der Waals surface area (Å²) >= 11 is 0. The average Bonchev–Trinajstić information content (AvgIpc) is 2.27. The zero-order valence-electron chi connectivity index (χ0n) is 11.2. The van der Waals surface area contributed by atoms with Crippen LogP contribution in [0, 0.1) is 0 Å². The van der Waals surface area contributed by atoms with Gasteiger partial charge in [-0.3, -0.25) is 4.79 Å². The smallest absolute Gasteiger partial charge is 0.306 e. The van der Waals surface area contributed by atoms with E-state index in [0.29, 0.717) is 13.0 Å². The Labute approximate surface area is 108 Å². The number of rotatable bonds is 3. The van der Waals surface area contributed by atoms with Crippen molar-refractivity contribution in [1.29, 1.82) is 0 Å². The molecule has 1 aliphatic heterocycles. The first kappa shape index (κ1) is 12.9. The summed E-state index contributed by atoms with van der Waals surface area (Å²) in [6.07, 6.45) is 1.26. The second-order valence-corrected chi connectivity index (χ2v) is 5.31. The Morgan fingerprint density at radius 3 is 2.89 bits per heavy atom. The molecule has 0 saturated heterocycles. The molecular formula is C15H20O3. The van der Waals surface area contributed by atoms with E-state index in [1.54, 1.807) is 0 Å². The normalized spacial score (nSPS) is 20.7. The minimum Gasteiger partial charge on any atom is -0.488 e. The van der Waals surface area contributed by atoms with Crippen molar-refractivity contribution in [3.63, 3.8) is 0 Å². The Morgan fingerprint density at radius 1 is 1.44 bits per heavy atom. The van der Waals surface area contributed by atoms with Crippen LogP contribution in [0.1, 0.15) is 45.1 Å². The fraction of sp³-hybridized carbons (Fsp3) is 0.533. The highest BCUT2D eigenvalue weighted by Gasteiger charge is 2.34. The molecule has 0 radical (unpaired) electrons. The standard InChI is InChI=1S/C15H20O3/c1-4-17-14(16)9-11-10-15(2,3)18-13-8-6-5-7-12(11)13/h5-8,11H,4,9-10H2,1-3H3. The average molecular weight is 248 g/mol. The van der Waals surface area contributed by atoms with Gasteiger partial charge in [-0.1, -0.05) is 18.2 Å². The molecule has 1 aromatic carbocycles. The van der Waals surface area contributed by atoms with Gasteiger partial charge in [0, 0.05) is 5.92 Å². The van der Waals surface area contributed by atoms with Gasteiger partial charge >= 0.3 is 5.97 Å². The SMILES string of the molecule is CCOC(=O)CC1CC(C)(C)Oc2ccccc21. The number of hydrogen-bond acceptors (Lipinski definition) is 3. The Hall–Kier alpha value is -1.51. The van der Waals surface area contributed by atoms with Crippen LogP contribution in [0.2, 0.25) is 0 Å². The van der Waals surface area contributed by atoms with Crippen molar-refractivity contribution in [1.82, 2.24) is 0 Å². The van der Waals surface area contributed by atoms with E-state index in [1.807, 2.05) is 31.2 Å². The molecule has 0 amide bonds. The molecule has 1 aromatic rings. The number of carbonyl (C=O) groups excluding carboxylic acids is 1. The molecule has 0 bridgehead atoms. The van der Waals surface area contributed by atoms with E-state index in [-0.39, 0.29) is 17.5 Å². The van der Waals surface area contributed by atoms with Gasteiger partial charge in [-0.15, -0.1) is 0 Å². The second kappa shape index (κ2) is 5.01. The molecule has 0 N–H and O–H groups in total. The van der Waals surface area contributed by atoms with Crippen LogP contribution in [0.3, 0.4) is 0 Å². The topological polar surface area (TPSA) is 35.5 Å². The van der Waals surface area contributed by atoms with Crippen LogP contribution in [-0.4, -0.2) is 18.2 Å². The van der Waals surface area contributed by atoms with Crippen LogP contribution < -0.4 is 4.74 Å². The molecule has 1 unspecified atom stereocenters. The predicted octanol–water partition coefficient (Wildman–Crippen LogP) is 3.28. The lowest BCUT2D eigenvalue weighted by Crippen LogP contribution is -2.35. The number of hydrogen-bond donors (Lipinski definition) is 0. The summed E-state index contributed by atoms with van der Waals surface area (Å²) in [7, 11) is 0. The third-order valence-electron chi connectivity index (χ3n) is 3.20. The molecule has 0 aromatic heterocycles. The van der Waals surface area contributed by atoms with Gasteiger partial charge in [0.15, 0.2) is 0 Å². The van der Waals surface area contributed by atoms with E-state index >= 15 is 0 Å². The van der Waals surface area contributed by atoms with E-state index in [2.05, 4.69) is 13.8 Å². The Balaban J connectivity index is 2.22. The van der Waals surface area contributed by atoms with Gasteiger partial charge in [-0.25, -0.2) is 0 Å². The van der Waals surface area contributed by atoms with Crippen LogP contribution in [0.4, 0.5) is 0 Å². The minimum atomic E-state index is -0.231. The molecule has 98 valence electrons. The maximum absolute atomic E-state index is 11.7. The Morgan fingerprint density at radius 2 is 2.17 bits per heavy atom. The van der Waals surface area contributed by atoms with Gasteiger partial charge in [0.2, 0.25) is 0 Å². The fourth-order valence-corrected chi connectivity index (χ4v) is 2.56. The third kappa shape index (κ3) is 2.84. The van der Waals surface area contributed by atoms with Crippen molar-refractivity contribution < 1.29 is 14.3 Å². The van der Waals surface area contributed by atoms with E-state index in [9.17, 15) is 4.79 Å². The molecule has 0 aliphatic carbocycles. The highest BCUT2D eigenvalue weighted by atomic mass is 16.5. The lowest BCUT2D eigenvalue weighted by atomic mass is 9.82. The van der Waals surface area contributed by atoms with Crippen LogP contribution in [0.15, 0.2) is 24.3 Å². The van der Waals surface area contributed by atoms with Gasteiger partial charge < -0.3 is 9.47 Å². The minimum absolute atomic E-state index is 0.130. The van der Waals surface area contributed by atoms with Crippen molar-refractivity contribution in [2.75, 3.05) is 6.61 Å². The summed E-state index contributed by atoms with van der Waals surface area (Å²) in [6.45, 7) is 6.38. The van der Waals surface area contributed by atoms with Crippen molar-refractivity contribution in [2.45, 2.75) is 45.1 Å². The second-order valence-electron chi connectivity index (χ2n) is 5.31. The van der Waals surface area contributed by atoms with Gasteiger partial charge in [0.05, 0.1) is 13.0 Å². The molecule has 1 aliphatic rings. The summed E-state index contributed by atoms with van der Waals surface area (Å²) in [4.78, 5) is 11.7. The summed E-state index contributed by atoms with van der Waals surface area (Å²) in [6, 6.07) is 7.95. The molecule has 18 heavy (non-hydrogen) atoms. The summed E-state index contributed by atoms with van der Waals surface area (Å²) in [5.41, 5.74) is 0.885. The first-order valence-electron chi connectivity index (χ1n) is 6.45. The molecule has 2 rings (SSSR count). The first-order chi connectivity index (χ1) is 8.52. The maximum atomic E-state index is 11.7. The monoisotopic (exact) mass is 248 g/mol. The summed E-state index contributed by atoms with van der Waals surface area (Å²) in [5.74, 6) is 0.946. The van der Waals surface area contributed by atoms with E-state index in [1.165, 1.54) is 0 Å². The van der Waals surface area contributed by atoms with Gasteiger partial charge in [-0.05, 0) is 38.8 Å². The summed E-state index contributed by atoms with van der Waals surface area (Å²) in [5, 5.41) is 0. The fourth-order valence-electron chi connectivity index (χ4n) is 2.56. The van der Waals surface area contributed by atoms with E-state index in [0.717, 1.165) is 17.7 Å². The molecular weight excluding hydrogens is 228 g/mol. The quantitative estimate of drug-likeness (QED) is 0.770. The molecule has 1 atom stereocenters. The highest BCUT2D eigenvalue weighted by Crippen LogP contribution is 2.42. The Kier molecular flexibility index (Phi) is 3.60. The number of esters is 1. The number of benzene rings is 1. The first-order valence-corrected chi connectivity index (χ1v) is 6.45. The van der Waals surface area contributed by atoms with Crippen LogP contribution >= 0.6 is 0 Å². The van der Waals surface area contributed by atoms with Gasteiger partial charge in [0.1, 0.15) is 11.4 Å². The highest BCUT2D eigenvalue weighted by molar-refractivity contribution is 5.71. The van der Waals surface area contributed by atoms with Crippen LogP contribution in [-0.2, 0) is 9.53 Å². The third-order valence-corrected chi connectivity index (χ3v) is 3.20. The van der Waals surface area contributed by atoms with Gasteiger partial charge in [0.25, 0.3) is 0 Å². The zero-order valence-corrected chi connectivity index (χ0v) is 11.2. The van der Waals surface area contributed by atoms with Gasteiger partial charge in [-0.2, -0.15) is 0 Å². The van der Waals surface area contributed by atoms with E-state index < -0.39 is 0 Å². The molecule has 0 spiro atoms.